The molecule has 22 heavy (non-hydrogen) atoms. The summed E-state index contributed by atoms with van der Waals surface area (Å²) in [4.78, 5) is 13.9. The van der Waals surface area contributed by atoms with Crippen LogP contribution >= 0.6 is 0 Å². The van der Waals surface area contributed by atoms with Crippen molar-refractivity contribution in [2.24, 2.45) is 11.3 Å². The van der Waals surface area contributed by atoms with Gasteiger partial charge in [-0.1, -0.05) is 12.1 Å². The van der Waals surface area contributed by atoms with Gasteiger partial charge in [-0.2, -0.15) is 0 Å². The molecular weight excluding hydrogens is 282 g/mol. The maximum Gasteiger partial charge on any atom is 0.308 e. The second kappa shape index (κ2) is 6.26. The van der Waals surface area contributed by atoms with Crippen molar-refractivity contribution in [2.75, 3.05) is 33.4 Å². The number of aliphatic carboxylic acids is 1. The Kier molecular flexibility index (Phi) is 4.36. The number of carbonyl (C=O) groups is 1. The van der Waals surface area contributed by atoms with Crippen molar-refractivity contribution in [2.45, 2.75) is 19.4 Å². The van der Waals surface area contributed by atoms with E-state index in [0.29, 0.717) is 19.8 Å². The summed E-state index contributed by atoms with van der Waals surface area (Å²) < 4.78 is 10.7. The van der Waals surface area contributed by atoms with Gasteiger partial charge in [-0.15, -0.1) is 0 Å². The first-order chi connectivity index (χ1) is 10.6. The number of likely N-dealkylation sites (tertiary alicyclic amines) is 1. The van der Waals surface area contributed by atoms with E-state index in [9.17, 15) is 9.90 Å². The fourth-order valence-electron chi connectivity index (χ4n) is 3.85. The first-order valence-corrected chi connectivity index (χ1v) is 7.79. The highest BCUT2D eigenvalue weighted by Gasteiger charge is 2.50. The molecule has 120 valence electrons. The molecule has 5 heteroatoms. The van der Waals surface area contributed by atoms with E-state index < -0.39 is 5.97 Å². The van der Waals surface area contributed by atoms with Crippen LogP contribution in [-0.4, -0.2) is 49.4 Å². The van der Waals surface area contributed by atoms with Crippen LogP contribution in [0.4, 0.5) is 0 Å². The third-order valence-electron chi connectivity index (χ3n) is 5.05. The van der Waals surface area contributed by atoms with E-state index in [2.05, 4.69) is 11.0 Å². The Labute approximate surface area is 130 Å². The number of hydrogen-bond donors (Lipinski definition) is 1. The zero-order valence-corrected chi connectivity index (χ0v) is 13.0. The molecule has 0 unspecified atom stereocenters. The summed E-state index contributed by atoms with van der Waals surface area (Å²) in [5.74, 6) is -0.121. The Morgan fingerprint density at radius 3 is 2.91 bits per heavy atom. The Morgan fingerprint density at radius 2 is 2.23 bits per heavy atom. The molecule has 0 amide bonds. The van der Waals surface area contributed by atoms with E-state index in [1.807, 2.05) is 18.2 Å². The number of carboxylic acid groups (broad SMARTS) is 1. The molecule has 5 nitrogen and oxygen atoms in total. The fourth-order valence-corrected chi connectivity index (χ4v) is 3.85. The van der Waals surface area contributed by atoms with Crippen molar-refractivity contribution in [3.63, 3.8) is 0 Å². The van der Waals surface area contributed by atoms with Crippen molar-refractivity contribution >= 4 is 5.97 Å². The topological polar surface area (TPSA) is 59.0 Å². The van der Waals surface area contributed by atoms with Gasteiger partial charge in [-0.3, -0.25) is 9.69 Å². The quantitative estimate of drug-likeness (QED) is 0.922. The highest BCUT2D eigenvalue weighted by Crippen LogP contribution is 2.44. The van der Waals surface area contributed by atoms with Crippen LogP contribution < -0.4 is 4.74 Å². The molecule has 0 bridgehead atoms. The van der Waals surface area contributed by atoms with E-state index in [-0.39, 0.29) is 11.3 Å². The smallest absolute Gasteiger partial charge is 0.308 e. The molecular formula is C17H23NO4. The third-order valence-corrected chi connectivity index (χ3v) is 5.05. The molecule has 1 N–H and O–H groups in total. The molecule has 2 aliphatic heterocycles. The highest BCUT2D eigenvalue weighted by molar-refractivity contribution is 5.72. The lowest BCUT2D eigenvalue weighted by Gasteiger charge is -2.36. The molecule has 1 atom stereocenters. The van der Waals surface area contributed by atoms with E-state index in [1.165, 1.54) is 0 Å². The average Bonchev–Trinajstić information content (AvgIpc) is 2.86. The fraction of sp³-hybridized carbons (Fsp3) is 0.588. The summed E-state index contributed by atoms with van der Waals surface area (Å²) in [6.45, 7) is 3.58. The van der Waals surface area contributed by atoms with Gasteiger partial charge < -0.3 is 14.6 Å². The second-order valence-corrected chi connectivity index (χ2v) is 6.39. The van der Waals surface area contributed by atoms with Gasteiger partial charge in [0.15, 0.2) is 0 Å². The average molecular weight is 305 g/mol. The van der Waals surface area contributed by atoms with E-state index in [0.717, 1.165) is 37.2 Å². The van der Waals surface area contributed by atoms with Crippen molar-refractivity contribution in [3.8, 4) is 5.75 Å². The second-order valence-electron chi connectivity index (χ2n) is 6.39. The van der Waals surface area contributed by atoms with Crippen LogP contribution in [0.15, 0.2) is 24.3 Å². The monoisotopic (exact) mass is 305 g/mol. The van der Waals surface area contributed by atoms with Gasteiger partial charge >= 0.3 is 5.97 Å². The summed E-state index contributed by atoms with van der Waals surface area (Å²) in [5, 5.41) is 9.61. The third kappa shape index (κ3) is 2.96. The summed E-state index contributed by atoms with van der Waals surface area (Å²) >= 11 is 0. The molecule has 1 aromatic carbocycles. The van der Waals surface area contributed by atoms with Crippen molar-refractivity contribution < 1.29 is 19.4 Å². The molecule has 2 aliphatic rings. The lowest BCUT2D eigenvalue weighted by atomic mass is 9.72. The van der Waals surface area contributed by atoms with Crippen molar-refractivity contribution in [1.82, 2.24) is 4.90 Å². The Morgan fingerprint density at radius 1 is 1.45 bits per heavy atom. The predicted octanol–water partition coefficient (Wildman–Crippen LogP) is 2.01. The predicted molar refractivity (Wildman–Crippen MR) is 81.9 cm³/mol. The summed E-state index contributed by atoms with van der Waals surface area (Å²) in [6.07, 6.45) is 1.69. The van der Waals surface area contributed by atoms with Gasteiger partial charge in [-0.25, -0.2) is 0 Å². The van der Waals surface area contributed by atoms with Crippen LogP contribution in [0.3, 0.4) is 0 Å². The number of hydrogen-bond acceptors (Lipinski definition) is 4. The standard InChI is InChI=1S/C17H23NO4/c1-21-14-4-2-3-13(9-14)10-18-11-15(16(19)20)17(12-18)5-7-22-8-6-17/h2-4,9,15H,5-8,10-12H2,1H3,(H,19,20)/t15-/m1/s1. The number of ether oxygens (including phenoxy) is 2. The van der Waals surface area contributed by atoms with Gasteiger partial charge in [0.25, 0.3) is 0 Å². The Hall–Kier alpha value is -1.59. The zero-order valence-electron chi connectivity index (χ0n) is 13.0. The molecule has 0 aromatic heterocycles. The lowest BCUT2D eigenvalue weighted by Crippen LogP contribution is -2.40. The zero-order chi connectivity index (χ0) is 15.6. The molecule has 0 saturated carbocycles. The lowest BCUT2D eigenvalue weighted by molar-refractivity contribution is -0.146. The maximum atomic E-state index is 11.7. The molecule has 3 rings (SSSR count). The molecule has 0 radical (unpaired) electrons. The van der Waals surface area contributed by atoms with Crippen LogP contribution in [0.1, 0.15) is 18.4 Å². The number of methoxy groups -OCH3 is 1. The van der Waals surface area contributed by atoms with E-state index >= 15 is 0 Å². The molecule has 2 heterocycles. The maximum absolute atomic E-state index is 11.7. The van der Waals surface area contributed by atoms with Gasteiger partial charge in [0.2, 0.25) is 0 Å². The normalized spacial score (nSPS) is 24.5. The largest absolute Gasteiger partial charge is 0.497 e. The van der Waals surface area contributed by atoms with Crippen molar-refractivity contribution in [1.29, 1.82) is 0 Å². The number of rotatable bonds is 4. The van der Waals surface area contributed by atoms with Crippen LogP contribution in [-0.2, 0) is 16.1 Å². The van der Waals surface area contributed by atoms with E-state index in [1.54, 1.807) is 7.11 Å². The van der Waals surface area contributed by atoms with Gasteiger partial charge in [-0.05, 0) is 30.5 Å². The SMILES string of the molecule is COc1cccc(CN2C[C@H](C(=O)O)C3(CCOCC3)C2)c1. The van der Waals surface area contributed by atoms with E-state index in [4.69, 9.17) is 9.47 Å². The van der Waals surface area contributed by atoms with Crippen LogP contribution in [0.5, 0.6) is 5.75 Å². The van der Waals surface area contributed by atoms with Crippen LogP contribution in [0, 0.1) is 11.3 Å². The minimum absolute atomic E-state index is 0.122. The molecule has 1 aromatic rings. The van der Waals surface area contributed by atoms with Gasteiger partial charge in [0, 0.05) is 38.3 Å². The molecule has 2 saturated heterocycles. The minimum Gasteiger partial charge on any atom is -0.497 e. The summed E-state index contributed by atoms with van der Waals surface area (Å²) in [6, 6.07) is 7.98. The first-order valence-electron chi connectivity index (χ1n) is 7.79. The number of benzene rings is 1. The van der Waals surface area contributed by atoms with Crippen molar-refractivity contribution in [3.05, 3.63) is 29.8 Å². The number of nitrogens with zero attached hydrogens (tertiary/aromatic N) is 1. The molecule has 0 aliphatic carbocycles. The summed E-state index contributed by atoms with van der Waals surface area (Å²) in [7, 11) is 1.66. The summed E-state index contributed by atoms with van der Waals surface area (Å²) in [5.41, 5.74) is 1.04. The van der Waals surface area contributed by atoms with Crippen LogP contribution in [0.2, 0.25) is 0 Å². The van der Waals surface area contributed by atoms with Gasteiger partial charge in [0.05, 0.1) is 13.0 Å². The molecule has 2 fully saturated rings. The Balaban J connectivity index is 1.74. The molecule has 1 spiro atoms. The Bertz CT molecular complexity index is 539. The van der Waals surface area contributed by atoms with Crippen LogP contribution in [0.25, 0.3) is 0 Å². The minimum atomic E-state index is -0.671. The highest BCUT2D eigenvalue weighted by atomic mass is 16.5. The first kappa shape index (κ1) is 15.3. The number of carboxylic acids is 1. The van der Waals surface area contributed by atoms with Gasteiger partial charge in [0.1, 0.15) is 5.75 Å².